The van der Waals surface area contributed by atoms with E-state index in [1.54, 1.807) is 11.2 Å². The Bertz CT molecular complexity index is 869. The number of hydrogen-bond acceptors (Lipinski definition) is 6. The maximum Gasteiger partial charge on any atom is 0.241 e. The number of halogens is 1. The van der Waals surface area contributed by atoms with Gasteiger partial charge < -0.3 is 19.8 Å². The second kappa shape index (κ2) is 7.56. The molecule has 1 amide bonds. The highest BCUT2D eigenvalue weighted by molar-refractivity contribution is 6.31. The number of nitrogens with zero attached hydrogens (tertiary/aromatic N) is 5. The molecule has 0 saturated carbocycles. The van der Waals surface area contributed by atoms with Gasteiger partial charge in [0, 0.05) is 49.9 Å². The SMILES string of the molecule is CN1CCN(c2cc(N3CCC(O)(c4ccccc4Cl)CC3)ncn2)CC1=O. The molecule has 1 aromatic heterocycles. The normalized spacial score (nSPS) is 19.8. The smallest absolute Gasteiger partial charge is 0.241 e. The van der Waals surface area contributed by atoms with Crippen LogP contribution in [-0.4, -0.2) is 65.7 Å². The number of likely N-dealkylation sites (N-methyl/N-ethyl adjacent to an activating group) is 1. The highest BCUT2D eigenvalue weighted by Crippen LogP contribution is 2.37. The van der Waals surface area contributed by atoms with E-state index in [1.807, 2.05) is 42.3 Å². The minimum Gasteiger partial charge on any atom is -0.385 e. The summed E-state index contributed by atoms with van der Waals surface area (Å²) in [4.78, 5) is 26.6. The van der Waals surface area contributed by atoms with Gasteiger partial charge in [-0.05, 0) is 18.9 Å². The van der Waals surface area contributed by atoms with Crippen molar-refractivity contribution in [3.8, 4) is 0 Å². The van der Waals surface area contributed by atoms with Crippen molar-refractivity contribution in [3.63, 3.8) is 0 Å². The van der Waals surface area contributed by atoms with E-state index < -0.39 is 5.60 Å². The summed E-state index contributed by atoms with van der Waals surface area (Å²) in [6.07, 6.45) is 2.69. The molecule has 0 atom stereocenters. The lowest BCUT2D eigenvalue weighted by Crippen LogP contribution is -2.49. The zero-order chi connectivity index (χ0) is 19.7. The second-order valence-corrected chi connectivity index (χ2v) is 7.88. The molecular formula is C20H24ClN5O2. The van der Waals surface area contributed by atoms with Crippen LogP contribution in [-0.2, 0) is 10.4 Å². The molecule has 0 radical (unpaired) electrons. The molecule has 1 aromatic carbocycles. The Morgan fingerprint density at radius 2 is 1.71 bits per heavy atom. The molecule has 3 heterocycles. The van der Waals surface area contributed by atoms with Gasteiger partial charge in [-0.3, -0.25) is 4.79 Å². The number of amides is 1. The zero-order valence-electron chi connectivity index (χ0n) is 15.9. The molecule has 1 N–H and O–H groups in total. The number of anilines is 2. The number of rotatable bonds is 3. The topological polar surface area (TPSA) is 72.8 Å². The highest BCUT2D eigenvalue weighted by Gasteiger charge is 2.36. The molecule has 0 spiro atoms. The number of benzene rings is 1. The first-order chi connectivity index (χ1) is 13.5. The fourth-order valence-corrected chi connectivity index (χ4v) is 4.16. The third-order valence-electron chi connectivity index (χ3n) is 5.71. The molecule has 2 aromatic rings. The van der Waals surface area contributed by atoms with Gasteiger partial charge in [0.25, 0.3) is 0 Å². The van der Waals surface area contributed by atoms with Crippen molar-refractivity contribution in [3.05, 3.63) is 47.2 Å². The number of aliphatic hydroxyl groups is 1. The lowest BCUT2D eigenvalue weighted by molar-refractivity contribution is -0.129. The maximum atomic E-state index is 12.0. The van der Waals surface area contributed by atoms with Crippen LogP contribution >= 0.6 is 11.6 Å². The maximum absolute atomic E-state index is 12.0. The van der Waals surface area contributed by atoms with Crippen LogP contribution < -0.4 is 9.80 Å². The predicted octanol–water partition coefficient (Wildman–Crippen LogP) is 1.90. The number of carbonyl (C=O) groups excluding carboxylic acids is 1. The van der Waals surface area contributed by atoms with Crippen LogP contribution in [0.1, 0.15) is 18.4 Å². The van der Waals surface area contributed by atoms with Crippen molar-refractivity contribution in [1.29, 1.82) is 0 Å². The van der Waals surface area contributed by atoms with Crippen molar-refractivity contribution in [2.24, 2.45) is 0 Å². The summed E-state index contributed by atoms with van der Waals surface area (Å²) in [7, 11) is 1.82. The quantitative estimate of drug-likeness (QED) is 0.846. The molecule has 0 unspecified atom stereocenters. The summed E-state index contributed by atoms with van der Waals surface area (Å²) < 4.78 is 0. The van der Waals surface area contributed by atoms with Gasteiger partial charge in [-0.25, -0.2) is 9.97 Å². The number of piperazine rings is 1. The van der Waals surface area contributed by atoms with Crippen molar-refractivity contribution < 1.29 is 9.90 Å². The summed E-state index contributed by atoms with van der Waals surface area (Å²) in [5.74, 6) is 1.67. The van der Waals surface area contributed by atoms with E-state index in [9.17, 15) is 9.90 Å². The largest absolute Gasteiger partial charge is 0.385 e. The van der Waals surface area contributed by atoms with Crippen LogP contribution in [0.25, 0.3) is 0 Å². The van der Waals surface area contributed by atoms with E-state index >= 15 is 0 Å². The fourth-order valence-electron chi connectivity index (χ4n) is 3.85. The minimum absolute atomic E-state index is 0.0918. The van der Waals surface area contributed by atoms with Crippen LogP contribution in [0.3, 0.4) is 0 Å². The molecule has 148 valence electrons. The third kappa shape index (κ3) is 3.64. The minimum atomic E-state index is -0.922. The molecule has 7 nitrogen and oxygen atoms in total. The molecule has 0 aliphatic carbocycles. The van der Waals surface area contributed by atoms with Crippen LogP contribution in [0.15, 0.2) is 36.7 Å². The number of piperidine rings is 1. The first-order valence-corrected chi connectivity index (χ1v) is 9.87. The molecule has 28 heavy (non-hydrogen) atoms. The standard InChI is InChI=1S/C20H24ClN5O2/c1-24-10-11-26(13-19(24)27)18-12-17(22-14-23-18)25-8-6-20(28,7-9-25)15-4-2-3-5-16(15)21/h2-5,12,14,28H,6-11,13H2,1H3. The van der Waals surface area contributed by atoms with Gasteiger partial charge in [0.1, 0.15) is 18.0 Å². The Hall–Kier alpha value is -2.38. The Kier molecular flexibility index (Phi) is 5.12. The monoisotopic (exact) mass is 401 g/mol. The molecule has 2 saturated heterocycles. The Balaban J connectivity index is 1.47. The zero-order valence-corrected chi connectivity index (χ0v) is 16.6. The Morgan fingerprint density at radius 3 is 2.39 bits per heavy atom. The van der Waals surface area contributed by atoms with E-state index in [-0.39, 0.29) is 5.91 Å². The van der Waals surface area contributed by atoms with Gasteiger partial charge in [-0.1, -0.05) is 29.8 Å². The fraction of sp³-hybridized carbons (Fsp3) is 0.450. The van der Waals surface area contributed by atoms with Gasteiger partial charge in [-0.2, -0.15) is 0 Å². The third-order valence-corrected chi connectivity index (χ3v) is 6.04. The molecule has 2 aliphatic rings. The van der Waals surface area contributed by atoms with E-state index in [1.165, 1.54) is 0 Å². The molecule has 2 fully saturated rings. The first-order valence-electron chi connectivity index (χ1n) is 9.49. The number of hydrogen-bond donors (Lipinski definition) is 1. The average molecular weight is 402 g/mol. The summed E-state index contributed by atoms with van der Waals surface area (Å²) in [5, 5.41) is 11.7. The number of aromatic nitrogens is 2. The van der Waals surface area contributed by atoms with Crippen molar-refractivity contribution in [2.75, 3.05) is 49.6 Å². The molecular weight excluding hydrogens is 378 g/mol. The van der Waals surface area contributed by atoms with Crippen LogP contribution in [0.4, 0.5) is 11.6 Å². The average Bonchev–Trinajstić information content (AvgIpc) is 2.71. The van der Waals surface area contributed by atoms with E-state index in [0.717, 1.165) is 23.7 Å². The summed E-state index contributed by atoms with van der Waals surface area (Å²) in [6.45, 7) is 3.11. The molecule has 8 heteroatoms. The van der Waals surface area contributed by atoms with E-state index in [0.29, 0.717) is 44.0 Å². The number of carbonyl (C=O) groups is 1. The van der Waals surface area contributed by atoms with Gasteiger partial charge in [0.05, 0.1) is 12.1 Å². The van der Waals surface area contributed by atoms with E-state index in [2.05, 4.69) is 14.9 Å². The Morgan fingerprint density at radius 1 is 1.04 bits per heavy atom. The molecule has 0 bridgehead atoms. The summed E-state index contributed by atoms with van der Waals surface area (Å²) in [6, 6.07) is 9.41. The van der Waals surface area contributed by atoms with Gasteiger partial charge in [-0.15, -0.1) is 0 Å². The molecule has 4 rings (SSSR count). The van der Waals surface area contributed by atoms with E-state index in [4.69, 9.17) is 11.6 Å². The second-order valence-electron chi connectivity index (χ2n) is 7.47. The first kappa shape index (κ1) is 19.0. The van der Waals surface area contributed by atoms with Crippen molar-refractivity contribution in [2.45, 2.75) is 18.4 Å². The van der Waals surface area contributed by atoms with Crippen LogP contribution in [0.2, 0.25) is 5.02 Å². The Labute approximate surface area is 169 Å². The molecule has 2 aliphatic heterocycles. The lowest BCUT2D eigenvalue weighted by atomic mass is 9.84. The highest BCUT2D eigenvalue weighted by atomic mass is 35.5. The van der Waals surface area contributed by atoms with Gasteiger partial charge in [0.2, 0.25) is 5.91 Å². The summed E-state index contributed by atoms with van der Waals surface area (Å²) >= 11 is 6.30. The van der Waals surface area contributed by atoms with Gasteiger partial charge >= 0.3 is 0 Å². The van der Waals surface area contributed by atoms with Crippen LogP contribution in [0, 0.1) is 0 Å². The summed E-state index contributed by atoms with van der Waals surface area (Å²) in [5.41, 5.74) is -0.134. The van der Waals surface area contributed by atoms with Gasteiger partial charge in [0.15, 0.2) is 0 Å². The van der Waals surface area contributed by atoms with Crippen LogP contribution in [0.5, 0.6) is 0 Å². The van der Waals surface area contributed by atoms with Crippen molar-refractivity contribution >= 4 is 29.1 Å². The van der Waals surface area contributed by atoms with Crippen molar-refractivity contribution in [1.82, 2.24) is 14.9 Å². The lowest BCUT2D eigenvalue weighted by Gasteiger charge is -2.39. The predicted molar refractivity (Wildman–Crippen MR) is 109 cm³/mol.